The highest BCUT2D eigenvalue weighted by Gasteiger charge is 2.32. The van der Waals surface area contributed by atoms with Crippen LogP contribution >= 0.6 is 11.3 Å². The molecule has 0 N–H and O–H groups in total. The summed E-state index contributed by atoms with van der Waals surface area (Å²) in [5, 5.41) is 14.8. The number of nitrogens with zero attached hydrogens (tertiary/aromatic N) is 4. The summed E-state index contributed by atoms with van der Waals surface area (Å²) in [6.45, 7) is 3.52. The topological polar surface area (TPSA) is 123 Å². The highest BCUT2D eigenvalue weighted by molar-refractivity contribution is 7.93. The van der Waals surface area contributed by atoms with Crippen LogP contribution in [0.5, 0.6) is 0 Å². The summed E-state index contributed by atoms with van der Waals surface area (Å²) in [5.41, 5.74) is 4.40. The number of para-hydroxylation sites is 1. The molecular formula is C36H36N4O6S2. The fraction of sp³-hybridized carbons (Fsp3) is 0.222. The molecule has 0 spiro atoms. The Morgan fingerprint density at radius 2 is 1.50 bits per heavy atom. The first kappa shape index (κ1) is 34.3. The zero-order valence-electron chi connectivity index (χ0n) is 26.7. The van der Waals surface area contributed by atoms with Crippen LogP contribution in [0.3, 0.4) is 0 Å². The number of carbonyl (C=O) groups excluding carboxylic acids is 1. The lowest BCUT2D eigenvalue weighted by atomic mass is 10.1. The quantitative estimate of drug-likeness (QED) is 0.0627. The fourth-order valence-electron chi connectivity index (χ4n) is 5.24. The Balaban J connectivity index is 1.40. The summed E-state index contributed by atoms with van der Waals surface area (Å²) in [6.07, 6.45) is 1.56. The Labute approximate surface area is 284 Å². The molecule has 1 heterocycles. The number of rotatable bonds is 15. The van der Waals surface area contributed by atoms with Gasteiger partial charge in [-0.15, -0.1) is 11.3 Å². The number of sulfonamides is 1. The standard InChI is InChI=1S/C36H36N4O6S2/c1-3-23-38(36-37-32(26-47-36)30-9-5-4-6-10-30)24-28-13-15-29(16-14-28)25-39(31-20-17-27(18-21-31)19-22-35(41)46-2)48(44,45)34-12-8-7-11-33(34)40(42)43/h4-18,20-21,26H,3,19,22-25H2,1-2H3. The van der Waals surface area contributed by atoms with Gasteiger partial charge in [0.1, 0.15) is 0 Å². The average Bonchev–Trinajstić information content (AvgIpc) is 3.61. The lowest BCUT2D eigenvalue weighted by Gasteiger charge is -2.25. The third-order valence-corrected chi connectivity index (χ3v) is 10.5. The summed E-state index contributed by atoms with van der Waals surface area (Å²) in [5.74, 6) is -0.343. The number of carbonyl (C=O) groups is 1. The number of benzene rings is 4. The fourth-order valence-corrected chi connectivity index (χ4v) is 7.71. The Bertz CT molecular complexity index is 1950. The van der Waals surface area contributed by atoms with Crippen LogP contribution < -0.4 is 9.21 Å². The number of esters is 1. The van der Waals surface area contributed by atoms with E-state index in [1.165, 1.54) is 35.7 Å². The molecule has 1 aromatic heterocycles. The minimum atomic E-state index is -4.36. The van der Waals surface area contributed by atoms with Crippen LogP contribution in [0.1, 0.15) is 36.5 Å². The molecule has 0 aliphatic heterocycles. The van der Waals surface area contributed by atoms with E-state index in [0.29, 0.717) is 24.2 Å². The largest absolute Gasteiger partial charge is 0.469 e. The van der Waals surface area contributed by atoms with Crippen molar-refractivity contribution in [3.8, 4) is 11.3 Å². The van der Waals surface area contributed by atoms with Gasteiger partial charge in [0.2, 0.25) is 0 Å². The zero-order chi connectivity index (χ0) is 34.1. The SMILES string of the molecule is CCCN(Cc1ccc(CN(c2ccc(CCC(=O)OC)cc2)S(=O)(=O)c2ccccc2[N+](=O)[O-])cc1)c1nc(-c2ccccc2)cs1. The van der Waals surface area contributed by atoms with Crippen molar-refractivity contribution >= 4 is 43.8 Å². The molecule has 0 radical (unpaired) electrons. The third kappa shape index (κ3) is 8.25. The van der Waals surface area contributed by atoms with E-state index in [-0.39, 0.29) is 18.9 Å². The number of hydrogen-bond donors (Lipinski definition) is 0. The number of methoxy groups -OCH3 is 1. The molecule has 0 amide bonds. The van der Waals surface area contributed by atoms with E-state index >= 15 is 0 Å². The molecule has 0 saturated heterocycles. The van der Waals surface area contributed by atoms with Crippen molar-refractivity contribution in [3.63, 3.8) is 0 Å². The van der Waals surface area contributed by atoms with Crippen molar-refractivity contribution in [1.29, 1.82) is 0 Å². The highest BCUT2D eigenvalue weighted by Crippen LogP contribution is 2.32. The van der Waals surface area contributed by atoms with E-state index in [1.54, 1.807) is 35.6 Å². The molecule has 248 valence electrons. The third-order valence-electron chi connectivity index (χ3n) is 7.75. The van der Waals surface area contributed by atoms with Gasteiger partial charge in [-0.25, -0.2) is 13.4 Å². The van der Waals surface area contributed by atoms with E-state index in [9.17, 15) is 23.3 Å². The second-order valence-electron chi connectivity index (χ2n) is 11.1. The van der Waals surface area contributed by atoms with Crippen LogP contribution in [-0.2, 0) is 39.1 Å². The molecule has 0 aliphatic carbocycles. The summed E-state index contributed by atoms with van der Waals surface area (Å²) < 4.78 is 34.1. The molecule has 48 heavy (non-hydrogen) atoms. The van der Waals surface area contributed by atoms with Gasteiger partial charge in [0.15, 0.2) is 10.0 Å². The van der Waals surface area contributed by atoms with Gasteiger partial charge in [0, 0.05) is 36.5 Å². The van der Waals surface area contributed by atoms with Gasteiger partial charge in [-0.3, -0.25) is 19.2 Å². The number of ether oxygens (including phenoxy) is 1. The molecule has 10 nitrogen and oxygen atoms in total. The first-order valence-corrected chi connectivity index (χ1v) is 17.8. The molecule has 0 fully saturated rings. The Kier molecular flexibility index (Phi) is 11.2. The van der Waals surface area contributed by atoms with Crippen LogP contribution in [0.2, 0.25) is 0 Å². The number of nitro benzene ring substituents is 1. The maximum atomic E-state index is 14.1. The van der Waals surface area contributed by atoms with Crippen molar-refractivity contribution < 1.29 is 22.9 Å². The van der Waals surface area contributed by atoms with E-state index in [1.807, 2.05) is 54.6 Å². The maximum Gasteiger partial charge on any atom is 0.305 e. The van der Waals surface area contributed by atoms with Gasteiger partial charge >= 0.3 is 5.97 Å². The van der Waals surface area contributed by atoms with E-state index in [0.717, 1.165) is 40.5 Å². The van der Waals surface area contributed by atoms with Gasteiger partial charge in [0.05, 0.1) is 30.0 Å². The normalized spacial score (nSPS) is 11.2. The minimum Gasteiger partial charge on any atom is -0.469 e. The van der Waals surface area contributed by atoms with Gasteiger partial charge in [-0.2, -0.15) is 0 Å². The number of aromatic nitrogens is 1. The predicted molar refractivity (Wildman–Crippen MR) is 189 cm³/mol. The minimum absolute atomic E-state index is 0.0538. The van der Waals surface area contributed by atoms with E-state index < -0.39 is 25.5 Å². The zero-order valence-corrected chi connectivity index (χ0v) is 28.3. The van der Waals surface area contributed by atoms with Crippen LogP contribution in [-0.4, -0.2) is 37.9 Å². The number of aryl methyl sites for hydroxylation is 1. The monoisotopic (exact) mass is 684 g/mol. The van der Waals surface area contributed by atoms with Crippen molar-refractivity contribution in [2.45, 2.75) is 44.2 Å². The molecule has 0 atom stereocenters. The van der Waals surface area contributed by atoms with Gasteiger partial charge in [-0.05, 0) is 47.7 Å². The smallest absolute Gasteiger partial charge is 0.305 e. The molecule has 5 aromatic rings. The van der Waals surface area contributed by atoms with E-state index in [2.05, 4.69) is 17.2 Å². The molecule has 12 heteroatoms. The Hall–Kier alpha value is -5.07. The number of thiazole rings is 1. The average molecular weight is 685 g/mol. The second-order valence-corrected chi connectivity index (χ2v) is 13.8. The summed E-state index contributed by atoms with van der Waals surface area (Å²) in [6, 6.07) is 29.9. The van der Waals surface area contributed by atoms with Crippen molar-refractivity contribution in [2.75, 3.05) is 22.9 Å². The van der Waals surface area contributed by atoms with Crippen LogP contribution in [0.25, 0.3) is 11.3 Å². The molecule has 0 aliphatic rings. The summed E-state index contributed by atoms with van der Waals surface area (Å²) in [4.78, 5) is 29.5. The van der Waals surface area contributed by atoms with Crippen molar-refractivity contribution in [1.82, 2.24) is 4.98 Å². The second kappa shape index (κ2) is 15.7. The molecule has 0 bridgehead atoms. The molecule has 0 saturated carbocycles. The lowest BCUT2D eigenvalue weighted by Crippen LogP contribution is -2.31. The van der Waals surface area contributed by atoms with Gasteiger partial charge in [0.25, 0.3) is 15.7 Å². The molecule has 0 unspecified atom stereocenters. The maximum absolute atomic E-state index is 14.1. The molecule has 4 aromatic carbocycles. The van der Waals surface area contributed by atoms with E-state index in [4.69, 9.17) is 9.72 Å². The predicted octanol–water partition coefficient (Wildman–Crippen LogP) is 7.64. The number of nitro groups is 1. The number of hydrogen-bond acceptors (Lipinski definition) is 9. The molecule has 5 rings (SSSR count). The van der Waals surface area contributed by atoms with Crippen molar-refractivity contribution in [2.24, 2.45) is 0 Å². The summed E-state index contributed by atoms with van der Waals surface area (Å²) >= 11 is 1.60. The first-order chi connectivity index (χ1) is 23.2. The molecular weight excluding hydrogens is 649 g/mol. The Morgan fingerprint density at radius 1 is 0.875 bits per heavy atom. The lowest BCUT2D eigenvalue weighted by molar-refractivity contribution is -0.387. The van der Waals surface area contributed by atoms with Gasteiger partial charge in [-0.1, -0.05) is 85.8 Å². The highest BCUT2D eigenvalue weighted by atomic mass is 32.2. The van der Waals surface area contributed by atoms with Crippen LogP contribution in [0.4, 0.5) is 16.5 Å². The first-order valence-electron chi connectivity index (χ1n) is 15.4. The van der Waals surface area contributed by atoms with Crippen molar-refractivity contribution in [3.05, 3.63) is 135 Å². The van der Waals surface area contributed by atoms with Gasteiger partial charge < -0.3 is 9.64 Å². The summed E-state index contributed by atoms with van der Waals surface area (Å²) in [7, 11) is -3.03. The van der Waals surface area contributed by atoms with Crippen LogP contribution in [0.15, 0.2) is 113 Å². The Morgan fingerprint density at radius 3 is 2.15 bits per heavy atom. The van der Waals surface area contributed by atoms with Crippen LogP contribution in [0, 0.1) is 10.1 Å². The number of anilines is 2.